The van der Waals surface area contributed by atoms with E-state index in [1.165, 1.54) is 12.1 Å². The summed E-state index contributed by atoms with van der Waals surface area (Å²) in [5.74, 6) is -0.443. The van der Waals surface area contributed by atoms with Gasteiger partial charge in [0, 0.05) is 25.2 Å². The van der Waals surface area contributed by atoms with Gasteiger partial charge in [-0.1, -0.05) is 12.1 Å². The topological polar surface area (TPSA) is 78.5 Å². The maximum absolute atomic E-state index is 14.0. The average molecular weight is 386 g/mol. The molecule has 7 nitrogen and oxygen atoms in total. The van der Waals surface area contributed by atoms with Gasteiger partial charge in [-0.05, 0) is 32.4 Å². The first-order chi connectivity index (χ1) is 13.4. The maximum atomic E-state index is 14.0. The third kappa shape index (κ3) is 3.52. The third-order valence-electron chi connectivity index (χ3n) is 5.17. The van der Waals surface area contributed by atoms with Crippen LogP contribution in [0.4, 0.5) is 10.3 Å². The number of nitrogens with one attached hydrogen (secondary N) is 1. The molecule has 8 heteroatoms. The number of fused-ring (bicyclic) bond motifs is 1. The molecular weight excluding hydrogens is 363 g/mol. The molecule has 1 N–H and O–H groups in total. The highest BCUT2D eigenvalue weighted by atomic mass is 19.1. The van der Waals surface area contributed by atoms with E-state index in [1.54, 1.807) is 17.0 Å². The van der Waals surface area contributed by atoms with E-state index < -0.39 is 5.82 Å². The Balaban J connectivity index is 1.61. The summed E-state index contributed by atoms with van der Waals surface area (Å²) < 4.78 is 19.7. The van der Waals surface area contributed by atoms with Crippen LogP contribution in [0, 0.1) is 5.82 Å². The van der Waals surface area contributed by atoms with Crippen LogP contribution in [0.25, 0.3) is 0 Å². The van der Waals surface area contributed by atoms with E-state index in [2.05, 4.69) is 9.97 Å². The summed E-state index contributed by atoms with van der Waals surface area (Å²) in [4.78, 5) is 36.4. The molecule has 4 rings (SSSR count). The molecule has 2 aliphatic heterocycles. The number of morpholine rings is 1. The van der Waals surface area contributed by atoms with Gasteiger partial charge in [0.2, 0.25) is 5.95 Å². The molecule has 2 aliphatic rings. The molecular formula is C20H23FN4O3. The second kappa shape index (κ2) is 7.35. The Labute approximate surface area is 162 Å². The van der Waals surface area contributed by atoms with Crippen LogP contribution in [0.15, 0.2) is 29.1 Å². The molecule has 2 aromatic rings. The summed E-state index contributed by atoms with van der Waals surface area (Å²) in [5, 5.41) is 0. The zero-order valence-electron chi connectivity index (χ0n) is 15.9. The largest absolute Gasteiger partial charge is 0.372 e. The molecule has 0 spiro atoms. The van der Waals surface area contributed by atoms with Gasteiger partial charge in [-0.2, -0.15) is 0 Å². The Morgan fingerprint density at radius 2 is 1.96 bits per heavy atom. The number of amides is 1. The van der Waals surface area contributed by atoms with E-state index in [0.29, 0.717) is 43.3 Å². The fourth-order valence-electron chi connectivity index (χ4n) is 3.91. The summed E-state index contributed by atoms with van der Waals surface area (Å²) in [6, 6.07) is 5.93. The fraction of sp³-hybridized carbons (Fsp3) is 0.450. The van der Waals surface area contributed by atoms with Crippen molar-refractivity contribution < 1.29 is 13.9 Å². The number of H-pyrrole nitrogens is 1. The lowest BCUT2D eigenvalue weighted by molar-refractivity contribution is -0.00575. The second-order valence-corrected chi connectivity index (χ2v) is 7.43. The highest BCUT2D eigenvalue weighted by molar-refractivity contribution is 5.94. The molecule has 0 saturated carbocycles. The molecule has 2 atom stereocenters. The molecule has 1 fully saturated rings. The lowest BCUT2D eigenvalue weighted by atomic mass is 10.1. The third-order valence-corrected chi connectivity index (χ3v) is 5.17. The van der Waals surface area contributed by atoms with Crippen molar-refractivity contribution in [3.05, 3.63) is 57.3 Å². The van der Waals surface area contributed by atoms with Gasteiger partial charge in [-0.15, -0.1) is 0 Å². The molecule has 1 aromatic carbocycles. The van der Waals surface area contributed by atoms with Gasteiger partial charge in [0.1, 0.15) is 5.82 Å². The van der Waals surface area contributed by atoms with Gasteiger partial charge in [0.05, 0.1) is 30.0 Å². The molecule has 0 unspecified atom stereocenters. The second-order valence-electron chi connectivity index (χ2n) is 7.43. The molecule has 0 bridgehead atoms. The van der Waals surface area contributed by atoms with E-state index >= 15 is 0 Å². The van der Waals surface area contributed by atoms with Crippen molar-refractivity contribution in [3.8, 4) is 0 Å². The number of nitrogens with zero attached hydrogens (tertiary/aromatic N) is 3. The molecule has 28 heavy (non-hydrogen) atoms. The monoisotopic (exact) mass is 386 g/mol. The fourth-order valence-corrected chi connectivity index (χ4v) is 3.91. The minimum atomic E-state index is -0.547. The van der Waals surface area contributed by atoms with Crippen LogP contribution in [-0.4, -0.2) is 52.6 Å². The Bertz CT molecular complexity index is 951. The van der Waals surface area contributed by atoms with E-state index in [-0.39, 0.29) is 35.8 Å². The van der Waals surface area contributed by atoms with Crippen molar-refractivity contribution in [2.75, 3.05) is 24.5 Å². The summed E-state index contributed by atoms with van der Waals surface area (Å²) in [7, 11) is 0. The first kappa shape index (κ1) is 18.6. The predicted octanol–water partition coefficient (Wildman–Crippen LogP) is 1.72. The summed E-state index contributed by atoms with van der Waals surface area (Å²) in [5.41, 5.74) is 1.02. The van der Waals surface area contributed by atoms with Crippen LogP contribution in [0.1, 0.15) is 35.5 Å². The summed E-state index contributed by atoms with van der Waals surface area (Å²) in [6.45, 7) is 5.76. The van der Waals surface area contributed by atoms with Crippen molar-refractivity contribution in [2.45, 2.75) is 39.0 Å². The molecule has 1 amide bonds. The minimum absolute atomic E-state index is 0.0317. The van der Waals surface area contributed by atoms with Crippen LogP contribution in [0.2, 0.25) is 0 Å². The minimum Gasteiger partial charge on any atom is -0.372 e. The predicted molar refractivity (Wildman–Crippen MR) is 102 cm³/mol. The first-order valence-corrected chi connectivity index (χ1v) is 9.48. The summed E-state index contributed by atoms with van der Waals surface area (Å²) >= 11 is 0. The van der Waals surface area contributed by atoms with Crippen LogP contribution in [0.5, 0.6) is 0 Å². The Morgan fingerprint density at radius 3 is 2.68 bits per heavy atom. The number of aromatic nitrogens is 2. The average Bonchev–Trinajstić information content (AvgIpc) is 2.66. The number of hydrogen-bond acceptors (Lipinski definition) is 5. The van der Waals surface area contributed by atoms with Crippen molar-refractivity contribution >= 4 is 11.9 Å². The van der Waals surface area contributed by atoms with Crippen molar-refractivity contribution in [3.63, 3.8) is 0 Å². The highest BCUT2D eigenvalue weighted by Gasteiger charge is 2.29. The molecule has 1 saturated heterocycles. The quantitative estimate of drug-likeness (QED) is 0.850. The molecule has 0 aliphatic carbocycles. The lowest BCUT2D eigenvalue weighted by Crippen LogP contribution is -2.47. The zero-order chi connectivity index (χ0) is 19.8. The number of aromatic amines is 1. The van der Waals surface area contributed by atoms with Crippen LogP contribution < -0.4 is 10.5 Å². The van der Waals surface area contributed by atoms with E-state index in [4.69, 9.17) is 4.74 Å². The van der Waals surface area contributed by atoms with Gasteiger partial charge < -0.3 is 14.5 Å². The van der Waals surface area contributed by atoms with E-state index in [0.717, 1.165) is 0 Å². The van der Waals surface area contributed by atoms with Crippen molar-refractivity contribution in [1.29, 1.82) is 0 Å². The van der Waals surface area contributed by atoms with Gasteiger partial charge in [-0.25, -0.2) is 9.37 Å². The normalized spacial score (nSPS) is 22.1. The van der Waals surface area contributed by atoms with Crippen LogP contribution >= 0.6 is 0 Å². The zero-order valence-corrected chi connectivity index (χ0v) is 15.9. The Kier molecular flexibility index (Phi) is 4.89. The van der Waals surface area contributed by atoms with Gasteiger partial charge in [-0.3, -0.25) is 14.6 Å². The van der Waals surface area contributed by atoms with Gasteiger partial charge >= 0.3 is 0 Å². The number of ether oxygens (including phenoxy) is 1. The lowest BCUT2D eigenvalue weighted by Gasteiger charge is -2.36. The standard InChI is InChI=1S/C20H23FN4O3/c1-12-9-25(10-13(2)28-12)20-22-17-11-24(8-7-15(17)18(26)23-20)19(27)14-5-3-4-6-16(14)21/h3-6,12-13H,7-11H2,1-2H3,(H,22,23,26)/t12-,13-/m0/s1. The Hall–Kier alpha value is -2.74. The number of rotatable bonds is 2. The number of hydrogen-bond donors (Lipinski definition) is 1. The van der Waals surface area contributed by atoms with Gasteiger partial charge in [0.15, 0.2) is 0 Å². The molecule has 1 aromatic heterocycles. The van der Waals surface area contributed by atoms with Gasteiger partial charge in [0.25, 0.3) is 11.5 Å². The van der Waals surface area contributed by atoms with Crippen molar-refractivity contribution in [2.24, 2.45) is 0 Å². The number of carbonyl (C=O) groups excluding carboxylic acids is 1. The molecule has 148 valence electrons. The smallest absolute Gasteiger partial charge is 0.257 e. The number of anilines is 1. The number of halogens is 1. The van der Waals surface area contributed by atoms with Crippen molar-refractivity contribution in [1.82, 2.24) is 14.9 Å². The Morgan fingerprint density at radius 1 is 1.25 bits per heavy atom. The van der Waals surface area contributed by atoms with Crippen LogP contribution in [0.3, 0.4) is 0 Å². The first-order valence-electron chi connectivity index (χ1n) is 9.48. The maximum Gasteiger partial charge on any atom is 0.257 e. The SMILES string of the molecule is C[C@H]1CN(c2nc3c(c(=O)[nH]2)CCN(C(=O)c2ccccc2F)C3)C[C@H](C)O1. The van der Waals surface area contributed by atoms with E-state index in [9.17, 15) is 14.0 Å². The summed E-state index contributed by atoms with van der Waals surface area (Å²) in [6.07, 6.45) is 0.460. The molecule has 0 radical (unpaired) electrons. The number of carbonyl (C=O) groups is 1. The van der Waals surface area contributed by atoms with Crippen LogP contribution in [-0.2, 0) is 17.7 Å². The number of benzene rings is 1. The van der Waals surface area contributed by atoms with E-state index in [1.807, 2.05) is 18.7 Å². The molecule has 3 heterocycles. The highest BCUT2D eigenvalue weighted by Crippen LogP contribution is 2.21.